The summed E-state index contributed by atoms with van der Waals surface area (Å²) >= 11 is 0. The lowest BCUT2D eigenvalue weighted by molar-refractivity contribution is -0.123. The summed E-state index contributed by atoms with van der Waals surface area (Å²) in [6.07, 6.45) is 1.99. The van der Waals surface area contributed by atoms with E-state index in [1.807, 2.05) is 44.0 Å². The lowest BCUT2D eigenvalue weighted by atomic mass is 9.97. The molecular weight excluding hydrogens is 240 g/mol. The van der Waals surface area contributed by atoms with E-state index in [9.17, 15) is 4.79 Å². The van der Waals surface area contributed by atoms with E-state index in [-0.39, 0.29) is 5.91 Å². The average Bonchev–Trinajstić information content (AvgIpc) is 2.45. The second kappa shape index (κ2) is 5.21. The Hall–Kier alpha value is -1.55. The molecule has 1 aliphatic rings. The van der Waals surface area contributed by atoms with Crippen LogP contribution in [0.25, 0.3) is 0 Å². The minimum Gasteiger partial charge on any atom is -0.497 e. The third-order valence-electron chi connectivity index (χ3n) is 3.81. The van der Waals surface area contributed by atoms with Crippen molar-refractivity contribution in [2.24, 2.45) is 0 Å². The molecule has 1 N–H and O–H groups in total. The average molecular weight is 262 g/mol. The van der Waals surface area contributed by atoms with E-state index in [4.69, 9.17) is 4.74 Å². The van der Waals surface area contributed by atoms with E-state index >= 15 is 0 Å². The Kier molecular flexibility index (Phi) is 3.80. The third-order valence-corrected chi connectivity index (χ3v) is 3.81. The summed E-state index contributed by atoms with van der Waals surface area (Å²) in [5.74, 6) is 0.960. The number of methoxy groups -OCH3 is 1. The summed E-state index contributed by atoms with van der Waals surface area (Å²) in [6.45, 7) is 4.60. The molecule has 0 bridgehead atoms. The predicted molar refractivity (Wildman–Crippen MR) is 76.8 cm³/mol. The minimum absolute atomic E-state index is 0.112. The molecule has 0 fully saturated rings. The normalized spacial score (nSPS) is 15.1. The third kappa shape index (κ3) is 2.59. The Morgan fingerprint density at radius 2 is 2.16 bits per heavy atom. The summed E-state index contributed by atoms with van der Waals surface area (Å²) in [7, 11) is 3.48. The fraction of sp³-hybridized carbons (Fsp3) is 0.533. The van der Waals surface area contributed by atoms with Gasteiger partial charge in [-0.05, 0) is 57.5 Å². The number of amides is 1. The van der Waals surface area contributed by atoms with Gasteiger partial charge in [0.15, 0.2) is 0 Å². The van der Waals surface area contributed by atoms with Crippen LogP contribution < -0.4 is 15.0 Å². The molecule has 0 saturated heterocycles. The number of nitrogens with one attached hydrogen (secondary N) is 1. The van der Waals surface area contributed by atoms with E-state index < -0.39 is 5.54 Å². The molecule has 0 radical (unpaired) electrons. The van der Waals surface area contributed by atoms with Crippen LogP contribution in [0.2, 0.25) is 0 Å². The number of carbonyl (C=O) groups is 1. The van der Waals surface area contributed by atoms with Crippen molar-refractivity contribution in [3.05, 3.63) is 23.8 Å². The Morgan fingerprint density at radius 1 is 1.42 bits per heavy atom. The summed E-state index contributed by atoms with van der Waals surface area (Å²) in [4.78, 5) is 14.5. The van der Waals surface area contributed by atoms with E-state index in [1.54, 1.807) is 7.11 Å². The van der Waals surface area contributed by atoms with Gasteiger partial charge in [0.1, 0.15) is 5.75 Å². The zero-order valence-electron chi connectivity index (χ0n) is 12.1. The van der Waals surface area contributed by atoms with Crippen LogP contribution in [-0.2, 0) is 11.2 Å². The molecule has 1 aromatic carbocycles. The minimum atomic E-state index is -0.547. The van der Waals surface area contributed by atoms with Crippen molar-refractivity contribution in [3.8, 4) is 5.75 Å². The van der Waals surface area contributed by atoms with E-state index in [0.717, 1.165) is 30.8 Å². The highest BCUT2D eigenvalue weighted by Gasteiger charge is 2.33. The molecule has 4 heteroatoms. The molecule has 1 aliphatic heterocycles. The molecule has 1 amide bonds. The van der Waals surface area contributed by atoms with Crippen LogP contribution in [0.3, 0.4) is 0 Å². The Morgan fingerprint density at radius 3 is 2.79 bits per heavy atom. The Bertz CT molecular complexity index is 483. The maximum Gasteiger partial charge on any atom is 0.246 e. The molecule has 0 unspecified atom stereocenters. The maximum atomic E-state index is 12.6. The van der Waals surface area contributed by atoms with Crippen LogP contribution >= 0.6 is 0 Å². The maximum absolute atomic E-state index is 12.6. The van der Waals surface area contributed by atoms with Gasteiger partial charge in [-0.2, -0.15) is 0 Å². The fourth-order valence-corrected chi connectivity index (χ4v) is 2.36. The molecule has 104 valence electrons. The number of hydrogen-bond acceptors (Lipinski definition) is 3. The summed E-state index contributed by atoms with van der Waals surface area (Å²) in [5, 5.41) is 3.08. The first-order valence-electron chi connectivity index (χ1n) is 6.67. The smallest absolute Gasteiger partial charge is 0.246 e. The molecule has 4 nitrogen and oxygen atoms in total. The molecule has 0 spiro atoms. The zero-order valence-corrected chi connectivity index (χ0v) is 12.1. The van der Waals surface area contributed by atoms with Gasteiger partial charge in [-0.15, -0.1) is 0 Å². The number of carbonyl (C=O) groups excluding carboxylic acids is 1. The molecule has 0 atom stereocenters. The van der Waals surface area contributed by atoms with Crippen LogP contribution in [0.5, 0.6) is 5.75 Å². The van der Waals surface area contributed by atoms with Crippen LogP contribution in [0.15, 0.2) is 18.2 Å². The number of hydrogen-bond donors (Lipinski definition) is 1. The number of rotatable bonds is 3. The lowest BCUT2D eigenvalue weighted by Crippen LogP contribution is -2.54. The quantitative estimate of drug-likeness (QED) is 0.905. The molecule has 2 rings (SSSR count). The number of anilines is 1. The van der Waals surface area contributed by atoms with Crippen molar-refractivity contribution >= 4 is 11.6 Å². The molecular formula is C15H22N2O2. The van der Waals surface area contributed by atoms with E-state index in [0.29, 0.717) is 0 Å². The lowest BCUT2D eigenvalue weighted by Gasteiger charge is -2.35. The van der Waals surface area contributed by atoms with Gasteiger partial charge < -0.3 is 15.0 Å². The summed E-state index contributed by atoms with van der Waals surface area (Å²) in [5.41, 5.74) is 1.65. The number of ether oxygens (including phenoxy) is 1. The van der Waals surface area contributed by atoms with Crippen molar-refractivity contribution in [3.63, 3.8) is 0 Å². The number of fused-ring (bicyclic) bond motifs is 1. The molecule has 19 heavy (non-hydrogen) atoms. The van der Waals surface area contributed by atoms with Gasteiger partial charge in [-0.1, -0.05) is 0 Å². The molecule has 1 aromatic rings. The monoisotopic (exact) mass is 262 g/mol. The van der Waals surface area contributed by atoms with Crippen molar-refractivity contribution in [1.29, 1.82) is 0 Å². The standard InChI is InChI=1S/C15H22N2O2/c1-15(2,16-3)14(18)17-9-5-6-11-10-12(19-4)7-8-13(11)17/h7-8,10,16H,5-6,9H2,1-4H3. The van der Waals surface area contributed by atoms with E-state index in [2.05, 4.69) is 5.32 Å². The number of nitrogens with zero attached hydrogens (tertiary/aromatic N) is 1. The fourth-order valence-electron chi connectivity index (χ4n) is 2.36. The van der Waals surface area contributed by atoms with Crippen molar-refractivity contribution in [2.75, 3.05) is 25.6 Å². The van der Waals surface area contributed by atoms with Gasteiger partial charge >= 0.3 is 0 Å². The highest BCUT2D eigenvalue weighted by atomic mass is 16.5. The zero-order chi connectivity index (χ0) is 14.0. The first-order valence-corrected chi connectivity index (χ1v) is 6.67. The molecule has 0 aliphatic carbocycles. The van der Waals surface area contributed by atoms with Crippen LogP contribution in [0.4, 0.5) is 5.69 Å². The Labute approximate surface area is 114 Å². The highest BCUT2D eigenvalue weighted by molar-refractivity contribution is 6.00. The largest absolute Gasteiger partial charge is 0.497 e. The first kappa shape index (κ1) is 13.9. The van der Waals surface area contributed by atoms with Gasteiger partial charge in [0, 0.05) is 12.2 Å². The van der Waals surface area contributed by atoms with Gasteiger partial charge in [0.25, 0.3) is 0 Å². The SMILES string of the molecule is CNC(C)(C)C(=O)N1CCCc2cc(OC)ccc21. The van der Waals surface area contributed by atoms with Crippen molar-refractivity contribution in [1.82, 2.24) is 5.32 Å². The number of benzene rings is 1. The predicted octanol–water partition coefficient (Wildman–Crippen LogP) is 1.97. The van der Waals surface area contributed by atoms with Gasteiger partial charge in [0.05, 0.1) is 12.6 Å². The second-order valence-corrected chi connectivity index (χ2v) is 5.43. The first-order chi connectivity index (χ1) is 8.99. The van der Waals surface area contributed by atoms with Crippen LogP contribution in [-0.4, -0.2) is 32.1 Å². The topological polar surface area (TPSA) is 41.6 Å². The van der Waals surface area contributed by atoms with Gasteiger partial charge in [0.2, 0.25) is 5.91 Å². The summed E-state index contributed by atoms with van der Waals surface area (Å²) in [6, 6.07) is 5.93. The van der Waals surface area contributed by atoms with Crippen LogP contribution in [0.1, 0.15) is 25.8 Å². The second-order valence-electron chi connectivity index (χ2n) is 5.43. The number of likely N-dealkylation sites (N-methyl/N-ethyl adjacent to an activating group) is 1. The van der Waals surface area contributed by atoms with Crippen LogP contribution in [0, 0.1) is 0 Å². The molecule has 1 heterocycles. The summed E-state index contributed by atoms with van der Waals surface area (Å²) < 4.78 is 5.25. The highest BCUT2D eigenvalue weighted by Crippen LogP contribution is 2.31. The van der Waals surface area contributed by atoms with Gasteiger partial charge in [-0.3, -0.25) is 4.79 Å². The molecule has 0 saturated carbocycles. The molecule has 0 aromatic heterocycles. The van der Waals surface area contributed by atoms with Crippen molar-refractivity contribution < 1.29 is 9.53 Å². The van der Waals surface area contributed by atoms with Gasteiger partial charge in [-0.25, -0.2) is 0 Å². The Balaban J connectivity index is 2.35. The van der Waals surface area contributed by atoms with E-state index in [1.165, 1.54) is 5.56 Å². The number of aryl methyl sites for hydroxylation is 1. The van der Waals surface area contributed by atoms with Crippen molar-refractivity contribution in [2.45, 2.75) is 32.2 Å².